The van der Waals surface area contributed by atoms with E-state index in [-0.39, 0.29) is 18.6 Å². The Hall–Kier alpha value is -2.40. The summed E-state index contributed by atoms with van der Waals surface area (Å²) in [4.78, 5) is 12.3. The molecule has 25 heavy (non-hydrogen) atoms. The third-order valence-electron chi connectivity index (χ3n) is 4.28. The molecular weight excluding hydrogens is 314 g/mol. The third-order valence-corrected chi connectivity index (χ3v) is 4.28. The Labute approximate surface area is 149 Å². The smallest absolute Gasteiger partial charge is 0.222 e. The van der Waals surface area contributed by atoms with Crippen LogP contribution < -0.4 is 5.32 Å². The molecule has 0 fully saturated rings. The van der Waals surface area contributed by atoms with Gasteiger partial charge in [0.25, 0.3) is 0 Å². The van der Waals surface area contributed by atoms with E-state index in [0.717, 1.165) is 28.9 Å². The molecule has 5 heteroatoms. The maximum absolute atomic E-state index is 12.3. The average Bonchev–Trinajstić information content (AvgIpc) is 2.85. The number of nitrogens with one attached hydrogen (secondary N) is 1. The fourth-order valence-electron chi connectivity index (χ4n) is 2.90. The molecule has 0 radical (unpaired) electrons. The number of hydrogen-bond donors (Lipinski definition) is 2. The zero-order valence-corrected chi connectivity index (χ0v) is 15.2. The second kappa shape index (κ2) is 8.62. The summed E-state index contributed by atoms with van der Waals surface area (Å²) in [5.74, 6) is -0.100. The minimum Gasteiger partial charge on any atom is -0.394 e. The van der Waals surface area contributed by atoms with E-state index in [9.17, 15) is 9.90 Å². The van der Waals surface area contributed by atoms with Crippen LogP contribution in [0.4, 0.5) is 0 Å². The van der Waals surface area contributed by atoms with Crippen molar-refractivity contribution in [3.8, 4) is 0 Å². The largest absolute Gasteiger partial charge is 0.394 e. The number of aliphatic hydroxyl groups is 1. The molecule has 1 atom stereocenters. The maximum Gasteiger partial charge on any atom is 0.222 e. The third kappa shape index (κ3) is 5.03. The molecule has 134 valence electrons. The Morgan fingerprint density at radius 2 is 2.00 bits per heavy atom. The van der Waals surface area contributed by atoms with Crippen molar-refractivity contribution < 1.29 is 9.90 Å². The summed E-state index contributed by atoms with van der Waals surface area (Å²) in [5.41, 5.74) is 5.24. The summed E-state index contributed by atoms with van der Waals surface area (Å²) in [5, 5.41) is 17.0. The van der Waals surface area contributed by atoms with Crippen LogP contribution in [-0.4, -0.2) is 27.4 Å². The van der Waals surface area contributed by atoms with Crippen molar-refractivity contribution in [3.05, 3.63) is 65.0 Å². The zero-order valence-electron chi connectivity index (χ0n) is 15.2. The minimum atomic E-state index is -0.381. The van der Waals surface area contributed by atoms with E-state index in [4.69, 9.17) is 0 Å². The average molecular weight is 341 g/mol. The van der Waals surface area contributed by atoms with Gasteiger partial charge in [-0.15, -0.1) is 0 Å². The summed E-state index contributed by atoms with van der Waals surface area (Å²) in [7, 11) is 0. The predicted molar refractivity (Wildman–Crippen MR) is 99.2 cm³/mol. The Balaban J connectivity index is 1.97. The highest BCUT2D eigenvalue weighted by molar-refractivity contribution is 5.76. The van der Waals surface area contributed by atoms with Crippen molar-refractivity contribution in [2.75, 3.05) is 6.61 Å². The fraction of sp³-hybridized carbons (Fsp3) is 0.400. The molecule has 1 aromatic heterocycles. The van der Waals surface area contributed by atoms with Gasteiger partial charge in [-0.2, -0.15) is 5.10 Å². The summed E-state index contributed by atoms with van der Waals surface area (Å²) in [6.07, 6.45) is 1.13. The van der Waals surface area contributed by atoms with Gasteiger partial charge in [-0.05, 0) is 38.3 Å². The standard InChI is InChI=1S/C20H27N3O2/c1-14(2)12-18-15(3)22-23(16(18)4)11-10-20(25)21-19(13-24)17-8-6-5-7-9-17/h5-9,19,24H,1,10-13H2,2-4H3,(H,21,25)/t19-/m0/s1. The summed E-state index contributed by atoms with van der Waals surface area (Å²) in [6.45, 7) is 10.4. The highest BCUT2D eigenvalue weighted by atomic mass is 16.3. The van der Waals surface area contributed by atoms with Crippen LogP contribution in [0.15, 0.2) is 42.5 Å². The Kier molecular flexibility index (Phi) is 6.53. The van der Waals surface area contributed by atoms with Gasteiger partial charge in [0.15, 0.2) is 0 Å². The second-order valence-corrected chi connectivity index (χ2v) is 6.47. The topological polar surface area (TPSA) is 67.2 Å². The van der Waals surface area contributed by atoms with Gasteiger partial charge in [0, 0.05) is 18.7 Å². The highest BCUT2D eigenvalue weighted by Gasteiger charge is 2.15. The first-order chi connectivity index (χ1) is 11.9. The van der Waals surface area contributed by atoms with E-state index in [1.807, 2.05) is 55.8 Å². The number of amides is 1. The lowest BCUT2D eigenvalue weighted by molar-refractivity contribution is -0.122. The van der Waals surface area contributed by atoms with E-state index >= 15 is 0 Å². The number of aromatic nitrogens is 2. The van der Waals surface area contributed by atoms with Crippen molar-refractivity contribution in [3.63, 3.8) is 0 Å². The molecule has 0 spiro atoms. The van der Waals surface area contributed by atoms with Gasteiger partial charge in [0.05, 0.1) is 18.3 Å². The van der Waals surface area contributed by atoms with Gasteiger partial charge in [-0.1, -0.05) is 42.5 Å². The number of carbonyl (C=O) groups is 1. The number of nitrogens with zero attached hydrogens (tertiary/aromatic N) is 2. The summed E-state index contributed by atoms with van der Waals surface area (Å²) >= 11 is 0. The van der Waals surface area contributed by atoms with E-state index in [0.29, 0.717) is 13.0 Å². The van der Waals surface area contributed by atoms with E-state index in [1.165, 1.54) is 5.56 Å². The number of carbonyl (C=O) groups excluding carboxylic acids is 1. The number of hydrogen-bond acceptors (Lipinski definition) is 3. The van der Waals surface area contributed by atoms with Crippen LogP contribution in [0.1, 0.15) is 41.9 Å². The van der Waals surface area contributed by atoms with Gasteiger partial charge in [0.2, 0.25) is 5.91 Å². The van der Waals surface area contributed by atoms with E-state index in [2.05, 4.69) is 17.0 Å². The fourth-order valence-corrected chi connectivity index (χ4v) is 2.90. The monoisotopic (exact) mass is 341 g/mol. The lowest BCUT2D eigenvalue weighted by Gasteiger charge is -2.17. The molecule has 2 rings (SSSR count). The van der Waals surface area contributed by atoms with Crippen molar-refractivity contribution in [1.82, 2.24) is 15.1 Å². The second-order valence-electron chi connectivity index (χ2n) is 6.47. The number of aliphatic hydroxyl groups excluding tert-OH is 1. The van der Waals surface area contributed by atoms with Crippen LogP contribution in [0.2, 0.25) is 0 Å². The normalized spacial score (nSPS) is 12.0. The van der Waals surface area contributed by atoms with Crippen LogP contribution in [0, 0.1) is 13.8 Å². The van der Waals surface area contributed by atoms with Crippen LogP contribution in [0.25, 0.3) is 0 Å². The molecule has 1 heterocycles. The Bertz CT molecular complexity index is 735. The van der Waals surface area contributed by atoms with Crippen LogP contribution in [0.5, 0.6) is 0 Å². The lowest BCUT2D eigenvalue weighted by atomic mass is 10.1. The summed E-state index contributed by atoms with van der Waals surface area (Å²) in [6, 6.07) is 9.10. The molecule has 5 nitrogen and oxygen atoms in total. The van der Waals surface area contributed by atoms with Crippen molar-refractivity contribution in [2.45, 2.75) is 46.2 Å². The Morgan fingerprint density at radius 1 is 1.32 bits per heavy atom. The zero-order chi connectivity index (χ0) is 18.4. The van der Waals surface area contributed by atoms with Gasteiger partial charge in [0.1, 0.15) is 0 Å². The number of allylic oxidation sites excluding steroid dienone is 1. The number of benzene rings is 1. The minimum absolute atomic E-state index is 0.100. The number of rotatable bonds is 8. The van der Waals surface area contributed by atoms with Crippen LogP contribution in [0.3, 0.4) is 0 Å². The van der Waals surface area contributed by atoms with Crippen LogP contribution >= 0.6 is 0 Å². The highest BCUT2D eigenvalue weighted by Crippen LogP contribution is 2.17. The molecule has 0 aliphatic rings. The van der Waals surface area contributed by atoms with Crippen molar-refractivity contribution in [1.29, 1.82) is 0 Å². The Morgan fingerprint density at radius 3 is 2.60 bits per heavy atom. The molecule has 0 aliphatic carbocycles. The van der Waals surface area contributed by atoms with E-state index < -0.39 is 0 Å². The quantitative estimate of drug-likeness (QED) is 0.726. The van der Waals surface area contributed by atoms with Gasteiger partial charge in [-0.3, -0.25) is 9.48 Å². The van der Waals surface area contributed by atoms with Crippen molar-refractivity contribution >= 4 is 5.91 Å². The van der Waals surface area contributed by atoms with E-state index in [1.54, 1.807) is 0 Å². The molecule has 0 unspecified atom stereocenters. The predicted octanol–water partition coefficient (Wildman–Crippen LogP) is 2.86. The molecule has 0 aliphatic heterocycles. The first-order valence-electron chi connectivity index (χ1n) is 8.54. The molecular formula is C20H27N3O2. The summed E-state index contributed by atoms with van der Waals surface area (Å²) < 4.78 is 1.88. The molecule has 2 aromatic rings. The molecule has 0 saturated carbocycles. The molecule has 1 amide bonds. The number of aryl methyl sites for hydroxylation is 2. The van der Waals surface area contributed by atoms with Gasteiger partial charge >= 0.3 is 0 Å². The molecule has 0 bridgehead atoms. The molecule has 1 aromatic carbocycles. The van der Waals surface area contributed by atoms with Gasteiger partial charge in [-0.25, -0.2) is 0 Å². The molecule has 2 N–H and O–H groups in total. The van der Waals surface area contributed by atoms with Gasteiger partial charge < -0.3 is 10.4 Å². The maximum atomic E-state index is 12.3. The van der Waals surface area contributed by atoms with Crippen molar-refractivity contribution in [2.24, 2.45) is 0 Å². The van der Waals surface area contributed by atoms with Crippen LogP contribution in [-0.2, 0) is 17.8 Å². The lowest BCUT2D eigenvalue weighted by Crippen LogP contribution is -2.31. The first-order valence-corrected chi connectivity index (χ1v) is 8.54. The molecule has 0 saturated heterocycles. The first kappa shape index (κ1) is 18.9. The SMILES string of the molecule is C=C(C)Cc1c(C)nn(CCC(=O)N[C@@H](CO)c2ccccc2)c1C.